The van der Waals surface area contributed by atoms with Crippen LogP contribution >= 0.6 is 0 Å². The largest absolute Gasteiger partial charge is 0.490 e. The zero-order valence-corrected chi connectivity index (χ0v) is 9.44. The molecule has 88 valence electrons. The van der Waals surface area contributed by atoms with E-state index in [0.717, 1.165) is 0 Å². The number of methoxy groups -OCH3 is 1. The van der Waals surface area contributed by atoms with Gasteiger partial charge in [-0.3, -0.25) is 4.79 Å². The molecule has 0 unspecified atom stereocenters. The number of ketones is 1. The number of rotatable bonds is 7. The first-order chi connectivity index (χ1) is 7.79. The van der Waals surface area contributed by atoms with Crippen molar-refractivity contribution in [1.82, 2.24) is 0 Å². The molecule has 0 spiro atoms. The van der Waals surface area contributed by atoms with Gasteiger partial charge < -0.3 is 15.2 Å². The minimum atomic E-state index is 0.00974. The molecule has 1 aromatic rings. The minimum Gasteiger partial charge on any atom is -0.490 e. The normalized spacial score (nSPS) is 10.1. The van der Waals surface area contributed by atoms with Crippen LogP contribution in [0.5, 0.6) is 5.75 Å². The van der Waals surface area contributed by atoms with E-state index in [1.165, 1.54) is 0 Å². The van der Waals surface area contributed by atoms with Crippen LogP contribution < -0.4 is 10.5 Å². The van der Waals surface area contributed by atoms with Gasteiger partial charge in [0.2, 0.25) is 0 Å². The predicted molar refractivity (Wildman–Crippen MR) is 61.8 cm³/mol. The van der Waals surface area contributed by atoms with Crippen LogP contribution in [0.4, 0.5) is 0 Å². The summed E-state index contributed by atoms with van der Waals surface area (Å²) >= 11 is 0. The van der Waals surface area contributed by atoms with Gasteiger partial charge in [-0.15, -0.1) is 0 Å². The van der Waals surface area contributed by atoms with Gasteiger partial charge in [0.05, 0.1) is 12.2 Å². The van der Waals surface area contributed by atoms with Crippen LogP contribution in [-0.4, -0.2) is 32.7 Å². The monoisotopic (exact) mass is 223 g/mol. The molecule has 0 saturated heterocycles. The lowest BCUT2D eigenvalue weighted by Crippen LogP contribution is -2.11. The molecule has 0 aliphatic carbocycles. The smallest absolute Gasteiger partial charge is 0.167 e. The first-order valence-electron chi connectivity index (χ1n) is 5.23. The van der Waals surface area contributed by atoms with E-state index in [2.05, 4.69) is 0 Å². The van der Waals surface area contributed by atoms with Crippen LogP contribution in [0.2, 0.25) is 0 Å². The summed E-state index contributed by atoms with van der Waals surface area (Å²) in [6, 6.07) is 7.17. The fraction of sp³-hybridized carbons (Fsp3) is 0.417. The number of hydrogen-bond donors (Lipinski definition) is 1. The number of benzene rings is 1. The third kappa shape index (κ3) is 3.64. The molecule has 0 amide bonds. The Hall–Kier alpha value is -1.39. The number of nitrogens with two attached hydrogens (primary N) is 1. The Morgan fingerprint density at radius 3 is 2.75 bits per heavy atom. The maximum absolute atomic E-state index is 11.7. The number of carbonyl (C=O) groups is 1. The molecule has 0 aromatic heterocycles. The van der Waals surface area contributed by atoms with Gasteiger partial charge in [0, 0.05) is 13.5 Å². The molecule has 16 heavy (non-hydrogen) atoms. The maximum Gasteiger partial charge on any atom is 0.167 e. The molecular weight excluding hydrogens is 206 g/mol. The highest BCUT2D eigenvalue weighted by Gasteiger charge is 2.10. The van der Waals surface area contributed by atoms with E-state index in [9.17, 15) is 4.79 Å². The summed E-state index contributed by atoms with van der Waals surface area (Å²) in [5, 5.41) is 0. The lowest BCUT2D eigenvalue weighted by atomic mass is 10.1. The predicted octanol–water partition coefficient (Wildman–Crippen LogP) is 1.24. The van der Waals surface area contributed by atoms with Crippen molar-refractivity contribution in [2.24, 2.45) is 5.73 Å². The number of carbonyl (C=O) groups excluding carboxylic acids is 1. The van der Waals surface area contributed by atoms with Gasteiger partial charge in [-0.2, -0.15) is 0 Å². The van der Waals surface area contributed by atoms with E-state index < -0.39 is 0 Å². The van der Waals surface area contributed by atoms with Crippen LogP contribution in [0.25, 0.3) is 0 Å². The van der Waals surface area contributed by atoms with Crippen molar-refractivity contribution >= 4 is 5.78 Å². The Balaban J connectivity index is 2.71. The summed E-state index contributed by atoms with van der Waals surface area (Å²) < 4.78 is 10.3. The Kier molecular flexibility index (Phi) is 5.53. The Bertz CT molecular complexity index is 339. The van der Waals surface area contributed by atoms with E-state index in [-0.39, 0.29) is 5.78 Å². The first-order valence-corrected chi connectivity index (χ1v) is 5.23. The second-order valence-electron chi connectivity index (χ2n) is 3.30. The fourth-order valence-corrected chi connectivity index (χ4v) is 1.32. The summed E-state index contributed by atoms with van der Waals surface area (Å²) in [6.07, 6.45) is 0.338. The molecule has 1 aromatic carbocycles. The quantitative estimate of drug-likeness (QED) is 0.558. The molecule has 0 aliphatic heterocycles. The van der Waals surface area contributed by atoms with Gasteiger partial charge in [-0.05, 0) is 18.7 Å². The summed E-state index contributed by atoms with van der Waals surface area (Å²) in [6.45, 7) is 1.29. The highest BCUT2D eigenvalue weighted by molar-refractivity contribution is 5.98. The zero-order chi connectivity index (χ0) is 11.8. The second-order valence-corrected chi connectivity index (χ2v) is 3.30. The highest BCUT2D eigenvalue weighted by Crippen LogP contribution is 2.19. The molecular formula is C12H17NO3. The Morgan fingerprint density at radius 1 is 1.31 bits per heavy atom. The van der Waals surface area contributed by atoms with E-state index >= 15 is 0 Å². The number of hydrogen-bond acceptors (Lipinski definition) is 4. The molecule has 2 N–H and O–H groups in total. The van der Waals surface area contributed by atoms with E-state index in [0.29, 0.717) is 37.5 Å². The van der Waals surface area contributed by atoms with Crippen molar-refractivity contribution < 1.29 is 14.3 Å². The van der Waals surface area contributed by atoms with Gasteiger partial charge >= 0.3 is 0 Å². The zero-order valence-electron chi connectivity index (χ0n) is 9.44. The average molecular weight is 223 g/mol. The van der Waals surface area contributed by atoms with Crippen LogP contribution in [0.1, 0.15) is 16.8 Å². The molecule has 1 rings (SSSR count). The molecule has 0 saturated carbocycles. The number of Topliss-reactive ketones (excluding diaryl/α,β-unsaturated/α-hetero) is 1. The van der Waals surface area contributed by atoms with Crippen molar-refractivity contribution in [3.8, 4) is 5.75 Å². The van der Waals surface area contributed by atoms with Gasteiger partial charge in [0.25, 0.3) is 0 Å². The number of para-hydroxylation sites is 1. The van der Waals surface area contributed by atoms with Crippen molar-refractivity contribution in [3.05, 3.63) is 29.8 Å². The summed E-state index contributed by atoms with van der Waals surface area (Å²) in [7, 11) is 1.61. The third-order valence-corrected chi connectivity index (χ3v) is 2.10. The lowest BCUT2D eigenvalue weighted by Gasteiger charge is -2.09. The molecule has 0 heterocycles. The summed E-state index contributed by atoms with van der Waals surface area (Å²) in [5.74, 6) is 0.605. The molecule has 4 nitrogen and oxygen atoms in total. The van der Waals surface area contributed by atoms with Gasteiger partial charge in [0.15, 0.2) is 5.78 Å². The molecule has 0 bridgehead atoms. The van der Waals surface area contributed by atoms with Gasteiger partial charge in [-0.1, -0.05) is 12.1 Å². The minimum absolute atomic E-state index is 0.00974. The maximum atomic E-state index is 11.7. The Labute approximate surface area is 95.3 Å². The average Bonchev–Trinajstić information content (AvgIpc) is 2.30. The van der Waals surface area contributed by atoms with Crippen molar-refractivity contribution in [3.63, 3.8) is 0 Å². The molecule has 0 atom stereocenters. The van der Waals surface area contributed by atoms with Crippen LogP contribution in [0, 0.1) is 0 Å². The molecule has 0 radical (unpaired) electrons. The van der Waals surface area contributed by atoms with Gasteiger partial charge in [-0.25, -0.2) is 0 Å². The van der Waals surface area contributed by atoms with E-state index in [1.54, 1.807) is 19.2 Å². The first kappa shape index (κ1) is 12.7. The topological polar surface area (TPSA) is 61.5 Å². The van der Waals surface area contributed by atoms with Crippen molar-refractivity contribution in [2.75, 3.05) is 26.9 Å². The van der Waals surface area contributed by atoms with Crippen molar-refractivity contribution in [2.45, 2.75) is 6.42 Å². The van der Waals surface area contributed by atoms with Crippen molar-refractivity contribution in [1.29, 1.82) is 0 Å². The summed E-state index contributed by atoms with van der Waals surface area (Å²) in [5.41, 5.74) is 5.94. The highest BCUT2D eigenvalue weighted by atomic mass is 16.5. The lowest BCUT2D eigenvalue weighted by molar-refractivity contribution is 0.0977. The van der Waals surface area contributed by atoms with E-state index in [4.69, 9.17) is 15.2 Å². The number of ether oxygens (including phenoxy) is 2. The van der Waals surface area contributed by atoms with Crippen LogP contribution in [0.3, 0.4) is 0 Å². The van der Waals surface area contributed by atoms with Crippen LogP contribution in [0.15, 0.2) is 24.3 Å². The fourth-order valence-electron chi connectivity index (χ4n) is 1.32. The second kappa shape index (κ2) is 6.98. The van der Waals surface area contributed by atoms with Gasteiger partial charge in [0.1, 0.15) is 12.4 Å². The molecule has 0 aliphatic rings. The van der Waals surface area contributed by atoms with Crippen LogP contribution in [-0.2, 0) is 4.74 Å². The summed E-state index contributed by atoms with van der Waals surface area (Å²) in [4.78, 5) is 11.7. The third-order valence-electron chi connectivity index (χ3n) is 2.10. The standard InChI is InChI=1S/C12H17NO3/c1-15-8-9-16-12-5-3-2-4-10(12)11(14)6-7-13/h2-5H,6-9,13H2,1H3. The SMILES string of the molecule is COCCOc1ccccc1C(=O)CCN. The molecule has 0 fully saturated rings. The molecule has 4 heteroatoms. The Morgan fingerprint density at radius 2 is 2.06 bits per heavy atom. The van der Waals surface area contributed by atoms with E-state index in [1.807, 2.05) is 12.1 Å².